The monoisotopic (exact) mass is 387 g/mol. The first-order valence-corrected chi connectivity index (χ1v) is 8.47. The number of alkyl halides is 5. The van der Waals surface area contributed by atoms with Crippen LogP contribution in [0.3, 0.4) is 0 Å². The second kappa shape index (κ2) is 6.94. The SMILES string of the molecule is Cc1cc(=O)cc(-c2ccc(C(F)(F)F)nc2N2CCCC(F)(F)CC2)[nH]1. The number of nitrogens with zero attached hydrogens (tertiary/aromatic N) is 2. The smallest absolute Gasteiger partial charge is 0.358 e. The van der Waals surface area contributed by atoms with E-state index in [9.17, 15) is 26.7 Å². The van der Waals surface area contributed by atoms with Crippen molar-refractivity contribution in [3.63, 3.8) is 0 Å². The molecule has 1 fully saturated rings. The zero-order valence-electron chi connectivity index (χ0n) is 14.5. The van der Waals surface area contributed by atoms with Crippen LogP contribution in [-0.2, 0) is 6.18 Å². The first-order valence-electron chi connectivity index (χ1n) is 8.47. The Morgan fingerprint density at radius 3 is 2.56 bits per heavy atom. The minimum Gasteiger partial charge on any atom is -0.358 e. The van der Waals surface area contributed by atoms with Gasteiger partial charge in [0.2, 0.25) is 5.92 Å². The average molecular weight is 387 g/mol. The van der Waals surface area contributed by atoms with Crippen molar-refractivity contribution in [1.82, 2.24) is 9.97 Å². The third kappa shape index (κ3) is 4.45. The van der Waals surface area contributed by atoms with E-state index in [2.05, 4.69) is 9.97 Å². The lowest BCUT2D eigenvalue weighted by molar-refractivity contribution is -0.141. The molecular weight excluding hydrogens is 369 g/mol. The molecule has 4 nitrogen and oxygen atoms in total. The molecule has 146 valence electrons. The van der Waals surface area contributed by atoms with Crippen LogP contribution in [0.2, 0.25) is 0 Å². The number of pyridine rings is 2. The number of aromatic amines is 1. The van der Waals surface area contributed by atoms with Gasteiger partial charge in [-0.2, -0.15) is 13.2 Å². The quantitative estimate of drug-likeness (QED) is 0.778. The molecule has 0 radical (unpaired) electrons. The number of aryl methyl sites for hydroxylation is 1. The summed E-state index contributed by atoms with van der Waals surface area (Å²) >= 11 is 0. The minimum absolute atomic E-state index is 0.0521. The number of nitrogens with one attached hydrogen (secondary N) is 1. The number of hydrogen-bond acceptors (Lipinski definition) is 3. The van der Waals surface area contributed by atoms with Crippen LogP contribution in [0, 0.1) is 6.92 Å². The Morgan fingerprint density at radius 2 is 1.89 bits per heavy atom. The van der Waals surface area contributed by atoms with Crippen molar-refractivity contribution in [1.29, 1.82) is 0 Å². The number of rotatable bonds is 2. The lowest BCUT2D eigenvalue weighted by Crippen LogP contribution is -2.28. The second-order valence-corrected chi connectivity index (χ2v) is 6.67. The van der Waals surface area contributed by atoms with E-state index in [1.54, 1.807) is 6.92 Å². The summed E-state index contributed by atoms with van der Waals surface area (Å²) in [5.74, 6) is -2.91. The van der Waals surface area contributed by atoms with Gasteiger partial charge in [0, 0.05) is 49.3 Å². The number of halogens is 5. The summed E-state index contributed by atoms with van der Waals surface area (Å²) in [6.07, 6.45) is -5.31. The van der Waals surface area contributed by atoms with Gasteiger partial charge in [0.1, 0.15) is 11.5 Å². The molecule has 0 saturated carbocycles. The lowest BCUT2D eigenvalue weighted by atomic mass is 10.1. The summed E-state index contributed by atoms with van der Waals surface area (Å²) in [7, 11) is 0. The molecule has 0 atom stereocenters. The van der Waals surface area contributed by atoms with Gasteiger partial charge >= 0.3 is 6.18 Å². The Morgan fingerprint density at radius 1 is 1.15 bits per heavy atom. The number of aromatic nitrogens is 2. The maximum absolute atomic E-state index is 13.7. The first-order chi connectivity index (χ1) is 12.5. The second-order valence-electron chi connectivity index (χ2n) is 6.67. The Kier molecular flexibility index (Phi) is 4.96. The zero-order chi connectivity index (χ0) is 19.8. The molecule has 9 heteroatoms. The van der Waals surface area contributed by atoms with Crippen molar-refractivity contribution in [2.24, 2.45) is 0 Å². The normalized spacial score (nSPS) is 17.6. The summed E-state index contributed by atoms with van der Waals surface area (Å²) in [5, 5.41) is 0. The van der Waals surface area contributed by atoms with E-state index in [1.807, 2.05) is 0 Å². The largest absolute Gasteiger partial charge is 0.433 e. The Bertz CT molecular complexity index is 891. The van der Waals surface area contributed by atoms with Crippen molar-refractivity contribution in [3.05, 3.63) is 45.9 Å². The highest BCUT2D eigenvalue weighted by Gasteiger charge is 2.36. The molecular formula is C18H18F5N3O. The van der Waals surface area contributed by atoms with Crippen molar-refractivity contribution >= 4 is 5.82 Å². The molecule has 0 unspecified atom stereocenters. The highest BCUT2D eigenvalue weighted by Crippen LogP contribution is 2.36. The van der Waals surface area contributed by atoms with E-state index in [0.717, 1.165) is 6.07 Å². The fourth-order valence-electron chi connectivity index (χ4n) is 3.16. The molecule has 0 spiro atoms. The molecule has 1 aliphatic rings. The molecule has 27 heavy (non-hydrogen) atoms. The Labute approximate surface area is 152 Å². The molecule has 0 bridgehead atoms. The fraction of sp³-hybridized carbons (Fsp3) is 0.444. The van der Waals surface area contributed by atoms with Gasteiger partial charge in [-0.15, -0.1) is 0 Å². The minimum atomic E-state index is -4.66. The van der Waals surface area contributed by atoms with Crippen LogP contribution in [0.25, 0.3) is 11.3 Å². The van der Waals surface area contributed by atoms with Crippen LogP contribution in [0.5, 0.6) is 0 Å². The van der Waals surface area contributed by atoms with E-state index in [1.165, 1.54) is 23.1 Å². The molecule has 2 aromatic heterocycles. The molecule has 0 amide bonds. The maximum atomic E-state index is 13.7. The summed E-state index contributed by atoms with van der Waals surface area (Å²) in [6.45, 7) is 1.69. The highest BCUT2D eigenvalue weighted by molar-refractivity contribution is 5.73. The molecule has 1 aliphatic heterocycles. The molecule has 1 N–H and O–H groups in total. The molecule has 3 rings (SSSR count). The summed E-state index contributed by atoms with van der Waals surface area (Å²) < 4.78 is 66.8. The average Bonchev–Trinajstić information content (AvgIpc) is 2.73. The topological polar surface area (TPSA) is 49.0 Å². The van der Waals surface area contributed by atoms with Gasteiger partial charge in [0.15, 0.2) is 5.43 Å². The maximum Gasteiger partial charge on any atom is 0.433 e. The predicted molar refractivity (Wildman–Crippen MR) is 91.0 cm³/mol. The van der Waals surface area contributed by atoms with Crippen LogP contribution in [0.1, 0.15) is 30.7 Å². The third-order valence-electron chi connectivity index (χ3n) is 4.45. The third-order valence-corrected chi connectivity index (χ3v) is 4.45. The van der Waals surface area contributed by atoms with Gasteiger partial charge in [0.25, 0.3) is 0 Å². The fourth-order valence-corrected chi connectivity index (χ4v) is 3.16. The van der Waals surface area contributed by atoms with Gasteiger partial charge in [-0.3, -0.25) is 4.79 Å². The van der Waals surface area contributed by atoms with Gasteiger partial charge in [-0.1, -0.05) is 0 Å². The number of hydrogen-bond donors (Lipinski definition) is 1. The van der Waals surface area contributed by atoms with E-state index >= 15 is 0 Å². The van der Waals surface area contributed by atoms with E-state index in [0.29, 0.717) is 11.4 Å². The Balaban J connectivity index is 2.12. The van der Waals surface area contributed by atoms with E-state index in [-0.39, 0.29) is 42.7 Å². The van der Waals surface area contributed by atoms with Crippen LogP contribution < -0.4 is 10.3 Å². The number of H-pyrrole nitrogens is 1. The van der Waals surface area contributed by atoms with Gasteiger partial charge in [-0.05, 0) is 25.5 Å². The molecule has 3 heterocycles. The van der Waals surface area contributed by atoms with Crippen molar-refractivity contribution < 1.29 is 22.0 Å². The van der Waals surface area contributed by atoms with E-state index in [4.69, 9.17) is 0 Å². The van der Waals surface area contributed by atoms with Gasteiger partial charge in [0.05, 0.1) is 5.69 Å². The zero-order valence-corrected chi connectivity index (χ0v) is 14.5. The molecule has 2 aromatic rings. The predicted octanol–water partition coefficient (Wildman–Crippen LogP) is 4.39. The summed E-state index contributed by atoms with van der Waals surface area (Å²) in [6, 6.07) is 4.66. The van der Waals surface area contributed by atoms with Crippen LogP contribution >= 0.6 is 0 Å². The highest BCUT2D eigenvalue weighted by atomic mass is 19.4. The van der Waals surface area contributed by atoms with Crippen molar-refractivity contribution in [3.8, 4) is 11.3 Å². The molecule has 0 aromatic carbocycles. The van der Waals surface area contributed by atoms with Gasteiger partial charge in [-0.25, -0.2) is 13.8 Å². The van der Waals surface area contributed by atoms with Crippen LogP contribution in [-0.4, -0.2) is 29.0 Å². The lowest BCUT2D eigenvalue weighted by Gasteiger charge is -2.25. The van der Waals surface area contributed by atoms with Crippen LogP contribution in [0.4, 0.5) is 27.8 Å². The summed E-state index contributed by atoms with van der Waals surface area (Å²) in [5.41, 5.74) is -0.311. The van der Waals surface area contributed by atoms with Crippen molar-refractivity contribution in [2.45, 2.75) is 38.3 Å². The number of anilines is 1. The first kappa shape index (κ1) is 19.3. The molecule has 1 saturated heterocycles. The van der Waals surface area contributed by atoms with E-state index < -0.39 is 24.2 Å². The van der Waals surface area contributed by atoms with Gasteiger partial charge < -0.3 is 9.88 Å². The summed E-state index contributed by atoms with van der Waals surface area (Å²) in [4.78, 5) is 19.9. The standard InChI is InChI=1S/C18H18F5N3O/c1-11-9-12(27)10-14(24-11)13-3-4-15(18(21,22)23)25-16(13)26-7-2-5-17(19,20)6-8-26/h3-4,9-10H,2,5-8H2,1H3,(H,24,27). The molecule has 0 aliphatic carbocycles. The Hall–Kier alpha value is -2.45. The van der Waals surface area contributed by atoms with Crippen LogP contribution in [0.15, 0.2) is 29.1 Å². The van der Waals surface area contributed by atoms with Crippen molar-refractivity contribution in [2.75, 3.05) is 18.0 Å².